The van der Waals surface area contributed by atoms with E-state index in [-0.39, 0.29) is 10.8 Å². The Bertz CT molecular complexity index is 710. The first-order chi connectivity index (χ1) is 13.4. The Hall–Kier alpha value is -1.30. The van der Waals surface area contributed by atoms with Gasteiger partial charge >= 0.3 is 0 Å². The summed E-state index contributed by atoms with van der Waals surface area (Å²) in [6.07, 6.45) is 10.1. The summed E-state index contributed by atoms with van der Waals surface area (Å²) >= 11 is 0. The minimum Gasteiger partial charge on any atom is -0.0998 e. The molecule has 1 aromatic rings. The van der Waals surface area contributed by atoms with Crippen molar-refractivity contribution >= 4 is 0 Å². The van der Waals surface area contributed by atoms with Gasteiger partial charge in [-0.3, -0.25) is 0 Å². The fraction of sp³-hybridized carbons (Fsp3) is 0.655. The molecular formula is C29H46. The molecule has 162 valence electrons. The molecule has 29 heavy (non-hydrogen) atoms. The van der Waals surface area contributed by atoms with Gasteiger partial charge in [-0.15, -0.1) is 0 Å². The summed E-state index contributed by atoms with van der Waals surface area (Å²) in [6, 6.07) is 5.10. The van der Waals surface area contributed by atoms with E-state index in [0.29, 0.717) is 11.8 Å². The van der Waals surface area contributed by atoms with E-state index in [9.17, 15) is 0 Å². The molecule has 2 rings (SSSR count). The van der Waals surface area contributed by atoms with Crippen molar-refractivity contribution in [2.24, 2.45) is 5.92 Å². The summed E-state index contributed by atoms with van der Waals surface area (Å²) in [5.74, 6) is 1.00. The lowest BCUT2D eigenvalue weighted by molar-refractivity contribution is 0.459. The maximum Gasteiger partial charge on any atom is 0.00918 e. The first-order valence-corrected chi connectivity index (χ1v) is 11.9. The number of benzene rings is 1. The quantitative estimate of drug-likeness (QED) is 0.333. The van der Waals surface area contributed by atoms with Crippen molar-refractivity contribution in [1.29, 1.82) is 0 Å². The van der Waals surface area contributed by atoms with E-state index in [0.717, 1.165) is 0 Å². The second-order valence-corrected chi connectivity index (χ2v) is 11.6. The van der Waals surface area contributed by atoms with Crippen LogP contribution in [0.2, 0.25) is 0 Å². The van der Waals surface area contributed by atoms with Gasteiger partial charge in [0.1, 0.15) is 0 Å². The van der Waals surface area contributed by atoms with E-state index in [4.69, 9.17) is 0 Å². The first-order valence-electron chi connectivity index (χ1n) is 11.9. The van der Waals surface area contributed by atoms with Crippen molar-refractivity contribution in [3.8, 4) is 0 Å². The Morgan fingerprint density at radius 3 is 2.00 bits per heavy atom. The Morgan fingerprint density at radius 2 is 1.55 bits per heavy atom. The number of unbranched alkanes of at least 4 members (excludes halogenated alkanes) is 2. The van der Waals surface area contributed by atoms with Gasteiger partial charge in [-0.25, -0.2) is 0 Å². The summed E-state index contributed by atoms with van der Waals surface area (Å²) in [6.45, 7) is 25.6. The molecule has 0 radical (unpaired) electrons. The van der Waals surface area contributed by atoms with Gasteiger partial charge in [0.05, 0.1) is 0 Å². The maximum absolute atomic E-state index is 4.40. The zero-order valence-electron chi connectivity index (χ0n) is 20.8. The Balaban J connectivity index is 2.76. The number of hydrogen-bond donors (Lipinski definition) is 0. The number of hydrogen-bond acceptors (Lipinski definition) is 0. The zero-order chi connectivity index (χ0) is 22.0. The zero-order valence-corrected chi connectivity index (χ0v) is 20.8. The molecule has 0 N–H and O–H groups in total. The van der Waals surface area contributed by atoms with E-state index in [1.54, 1.807) is 22.3 Å². The summed E-state index contributed by atoms with van der Waals surface area (Å²) in [4.78, 5) is 0. The van der Waals surface area contributed by atoms with Gasteiger partial charge < -0.3 is 0 Å². The molecule has 0 fully saturated rings. The third-order valence-corrected chi connectivity index (χ3v) is 6.64. The summed E-state index contributed by atoms with van der Waals surface area (Å²) in [5.41, 5.74) is 9.38. The van der Waals surface area contributed by atoms with Crippen molar-refractivity contribution in [2.75, 3.05) is 0 Å². The fourth-order valence-corrected chi connectivity index (χ4v) is 4.94. The van der Waals surface area contributed by atoms with Crippen LogP contribution >= 0.6 is 0 Å². The highest BCUT2D eigenvalue weighted by molar-refractivity contribution is 5.51. The maximum atomic E-state index is 4.40. The van der Waals surface area contributed by atoms with Crippen molar-refractivity contribution in [3.05, 3.63) is 58.2 Å². The largest absolute Gasteiger partial charge is 0.0998 e. The van der Waals surface area contributed by atoms with Crippen molar-refractivity contribution in [1.82, 2.24) is 0 Å². The van der Waals surface area contributed by atoms with Gasteiger partial charge in [0, 0.05) is 5.92 Å². The minimum absolute atomic E-state index is 0.134. The second kappa shape index (κ2) is 9.23. The average molecular weight is 395 g/mol. The smallest absolute Gasteiger partial charge is 0.00918 e. The molecule has 0 saturated carbocycles. The Labute approximate surface area is 181 Å². The van der Waals surface area contributed by atoms with E-state index in [1.807, 2.05) is 0 Å². The van der Waals surface area contributed by atoms with Crippen LogP contribution in [0.15, 0.2) is 35.9 Å². The Kier molecular flexibility index (Phi) is 7.63. The molecule has 0 unspecified atom stereocenters. The molecule has 0 spiro atoms. The molecule has 0 saturated heterocycles. The summed E-state index contributed by atoms with van der Waals surface area (Å²) < 4.78 is 0. The number of rotatable bonds is 6. The van der Waals surface area contributed by atoms with Gasteiger partial charge in [-0.05, 0) is 78.5 Å². The third kappa shape index (κ3) is 5.87. The van der Waals surface area contributed by atoms with E-state index < -0.39 is 0 Å². The van der Waals surface area contributed by atoms with Crippen molar-refractivity contribution < 1.29 is 0 Å². The molecule has 0 aromatic heterocycles. The molecule has 1 aliphatic carbocycles. The van der Waals surface area contributed by atoms with E-state index >= 15 is 0 Å². The highest BCUT2D eigenvalue weighted by Crippen LogP contribution is 2.47. The van der Waals surface area contributed by atoms with Crippen LogP contribution in [0.1, 0.15) is 123 Å². The van der Waals surface area contributed by atoms with E-state index in [2.05, 4.69) is 87.1 Å². The van der Waals surface area contributed by atoms with Gasteiger partial charge in [0.2, 0.25) is 0 Å². The van der Waals surface area contributed by atoms with Crippen LogP contribution in [0.4, 0.5) is 0 Å². The molecule has 0 amide bonds. The first kappa shape index (κ1) is 24.0. The molecule has 2 atom stereocenters. The molecule has 0 heteroatoms. The van der Waals surface area contributed by atoms with Gasteiger partial charge in [-0.1, -0.05) is 97.2 Å². The molecule has 1 aliphatic rings. The standard InChI is InChI=1S/C29H46/c1-11-12-13-14-22-18-25(28(5,6)7)27(26(19-22)29(8,9)10)24-17-21(4)15-16-23(24)20(2)3/h17-19,23-24H,2,11-16H2,1,3-10H3/t23-,24+/m0/s1. The third-order valence-electron chi connectivity index (χ3n) is 6.64. The normalized spacial score (nSPS) is 20.5. The number of allylic oxidation sites excluding steroid dienone is 3. The van der Waals surface area contributed by atoms with Crippen LogP contribution < -0.4 is 0 Å². The average Bonchev–Trinajstić information content (AvgIpc) is 2.59. The van der Waals surface area contributed by atoms with Crippen LogP contribution in [0.5, 0.6) is 0 Å². The van der Waals surface area contributed by atoms with Crippen LogP contribution in [0.3, 0.4) is 0 Å². The monoisotopic (exact) mass is 394 g/mol. The van der Waals surface area contributed by atoms with Gasteiger partial charge in [-0.2, -0.15) is 0 Å². The van der Waals surface area contributed by atoms with Crippen LogP contribution in [-0.4, -0.2) is 0 Å². The highest BCUT2D eigenvalue weighted by atomic mass is 14.4. The Morgan fingerprint density at radius 1 is 1.00 bits per heavy atom. The molecule has 0 aliphatic heterocycles. The fourth-order valence-electron chi connectivity index (χ4n) is 4.94. The van der Waals surface area contributed by atoms with Crippen LogP contribution in [-0.2, 0) is 17.3 Å². The molecular weight excluding hydrogens is 348 g/mol. The predicted molar refractivity (Wildman–Crippen MR) is 131 cm³/mol. The lowest BCUT2D eigenvalue weighted by Gasteiger charge is -2.39. The minimum atomic E-state index is 0.134. The van der Waals surface area contributed by atoms with Crippen molar-refractivity contribution in [3.63, 3.8) is 0 Å². The summed E-state index contributed by atoms with van der Waals surface area (Å²) in [7, 11) is 0. The number of aryl methyl sites for hydroxylation is 1. The van der Waals surface area contributed by atoms with Crippen LogP contribution in [0, 0.1) is 5.92 Å². The SMILES string of the molecule is C=C(C)[C@@H]1CCC(C)=C[C@H]1c1c(C(C)(C)C)cc(CCCCC)cc1C(C)(C)C. The molecule has 0 heterocycles. The molecule has 1 aromatic carbocycles. The van der Waals surface area contributed by atoms with E-state index in [1.165, 1.54) is 49.7 Å². The van der Waals surface area contributed by atoms with Gasteiger partial charge in [0.25, 0.3) is 0 Å². The summed E-state index contributed by atoms with van der Waals surface area (Å²) in [5, 5.41) is 0. The lowest BCUT2D eigenvalue weighted by Crippen LogP contribution is -2.27. The highest BCUT2D eigenvalue weighted by Gasteiger charge is 2.34. The van der Waals surface area contributed by atoms with Gasteiger partial charge in [0.15, 0.2) is 0 Å². The second-order valence-electron chi connectivity index (χ2n) is 11.6. The topological polar surface area (TPSA) is 0 Å². The molecule has 0 bridgehead atoms. The van der Waals surface area contributed by atoms with Crippen molar-refractivity contribution in [2.45, 2.75) is 118 Å². The van der Waals surface area contributed by atoms with Crippen LogP contribution in [0.25, 0.3) is 0 Å². The molecule has 0 nitrogen and oxygen atoms in total. The lowest BCUT2D eigenvalue weighted by atomic mass is 9.65. The predicted octanol–water partition coefficient (Wildman–Crippen LogP) is 9.03.